The van der Waals surface area contributed by atoms with Crippen molar-refractivity contribution in [3.63, 3.8) is 0 Å². The number of amides is 1. The highest BCUT2D eigenvalue weighted by Gasteiger charge is 2.19. The molecule has 1 N–H and O–H groups in total. The number of hydrogen-bond donors (Lipinski definition) is 1. The minimum Gasteiger partial charge on any atom is -0.308 e. The second kappa shape index (κ2) is 8.68. The maximum absolute atomic E-state index is 12.6. The normalized spacial score (nSPS) is 12.2. The number of carbonyl (C=O) groups is 1. The van der Waals surface area contributed by atoms with Crippen LogP contribution in [-0.4, -0.2) is 25.5 Å². The van der Waals surface area contributed by atoms with Crippen molar-refractivity contribution in [2.24, 2.45) is 5.92 Å². The molecule has 2 aromatic heterocycles. The number of aromatic nitrogens is 4. The van der Waals surface area contributed by atoms with Gasteiger partial charge in [-0.1, -0.05) is 42.3 Å². The molecule has 0 saturated heterocycles. The highest BCUT2D eigenvalue weighted by atomic mass is 79.9. The van der Waals surface area contributed by atoms with Crippen LogP contribution < -0.4 is 5.32 Å². The Kier molecular flexibility index (Phi) is 6.47. The summed E-state index contributed by atoms with van der Waals surface area (Å²) in [6, 6.07) is 7.56. The first-order valence-electron chi connectivity index (χ1n) is 8.72. The lowest BCUT2D eigenvalue weighted by Gasteiger charge is -2.12. The summed E-state index contributed by atoms with van der Waals surface area (Å²) in [5.74, 6) is 0.0423. The van der Waals surface area contributed by atoms with Crippen LogP contribution >= 0.6 is 39.1 Å². The van der Waals surface area contributed by atoms with E-state index >= 15 is 0 Å². The number of hydrogen-bond acceptors (Lipinski definition) is 3. The van der Waals surface area contributed by atoms with E-state index in [-0.39, 0.29) is 11.8 Å². The second-order valence-electron chi connectivity index (χ2n) is 6.71. The maximum Gasteiger partial charge on any atom is 0.230 e. The summed E-state index contributed by atoms with van der Waals surface area (Å²) in [7, 11) is 0. The molecule has 0 saturated carbocycles. The first kappa shape index (κ1) is 20.9. The van der Waals surface area contributed by atoms with Crippen molar-refractivity contribution < 1.29 is 4.79 Å². The summed E-state index contributed by atoms with van der Waals surface area (Å²) < 4.78 is 4.24. The van der Waals surface area contributed by atoms with Crippen molar-refractivity contribution in [2.75, 3.05) is 5.32 Å². The van der Waals surface area contributed by atoms with Gasteiger partial charge >= 0.3 is 0 Å². The fourth-order valence-electron chi connectivity index (χ4n) is 2.77. The highest BCUT2D eigenvalue weighted by molar-refractivity contribution is 9.10. The van der Waals surface area contributed by atoms with E-state index in [0.717, 1.165) is 21.4 Å². The highest BCUT2D eigenvalue weighted by Crippen LogP contribution is 2.23. The second-order valence-corrected chi connectivity index (χ2v) is 8.38. The van der Waals surface area contributed by atoms with Gasteiger partial charge in [-0.15, -0.1) is 0 Å². The van der Waals surface area contributed by atoms with Crippen molar-refractivity contribution in [3.8, 4) is 0 Å². The van der Waals surface area contributed by atoms with Gasteiger partial charge < -0.3 is 5.32 Å². The number of halogens is 3. The molecule has 0 aliphatic carbocycles. The minimum atomic E-state index is -0.303. The number of aryl methyl sites for hydroxylation is 1. The van der Waals surface area contributed by atoms with Crippen molar-refractivity contribution in [1.29, 1.82) is 0 Å². The molecule has 1 amide bonds. The van der Waals surface area contributed by atoms with Crippen molar-refractivity contribution in [3.05, 3.63) is 61.9 Å². The van der Waals surface area contributed by atoms with Crippen LogP contribution in [0.3, 0.4) is 0 Å². The summed E-state index contributed by atoms with van der Waals surface area (Å²) in [4.78, 5) is 12.6. The fraction of sp³-hybridized carbons (Fsp3) is 0.316. The molecule has 28 heavy (non-hydrogen) atoms. The molecule has 9 heteroatoms. The molecular formula is C19H20BrCl2N5O. The predicted octanol–water partition coefficient (Wildman–Crippen LogP) is 5.09. The summed E-state index contributed by atoms with van der Waals surface area (Å²) in [6.45, 7) is 6.60. The van der Waals surface area contributed by atoms with Crippen molar-refractivity contribution >= 4 is 50.9 Å². The lowest BCUT2D eigenvalue weighted by molar-refractivity contribution is -0.119. The zero-order chi connectivity index (χ0) is 20.4. The Morgan fingerprint density at radius 2 is 1.89 bits per heavy atom. The van der Waals surface area contributed by atoms with Gasteiger partial charge in [-0.2, -0.15) is 10.2 Å². The van der Waals surface area contributed by atoms with Crippen molar-refractivity contribution in [2.45, 2.75) is 33.9 Å². The monoisotopic (exact) mass is 483 g/mol. The van der Waals surface area contributed by atoms with Crippen molar-refractivity contribution in [1.82, 2.24) is 19.6 Å². The lowest BCUT2D eigenvalue weighted by atomic mass is 10.1. The largest absolute Gasteiger partial charge is 0.308 e. The first-order chi connectivity index (χ1) is 13.2. The average Bonchev–Trinajstić information content (AvgIpc) is 3.11. The van der Waals surface area contributed by atoms with Crippen LogP contribution in [0.2, 0.25) is 10.0 Å². The predicted molar refractivity (Wildman–Crippen MR) is 115 cm³/mol. The topological polar surface area (TPSA) is 64.7 Å². The zero-order valence-corrected chi connectivity index (χ0v) is 18.8. The Hall–Kier alpha value is -1.83. The molecule has 0 fully saturated rings. The van der Waals surface area contributed by atoms with Crippen LogP contribution in [0.4, 0.5) is 5.82 Å². The Morgan fingerprint density at radius 3 is 2.50 bits per heavy atom. The number of rotatable bonds is 6. The Bertz CT molecular complexity index is 997. The lowest BCUT2D eigenvalue weighted by Crippen LogP contribution is -2.25. The molecule has 1 atom stereocenters. The molecule has 3 rings (SSSR count). The van der Waals surface area contributed by atoms with Crippen LogP contribution in [0.15, 0.2) is 34.9 Å². The third-order valence-electron chi connectivity index (χ3n) is 4.40. The van der Waals surface area contributed by atoms with Gasteiger partial charge in [-0.3, -0.25) is 14.2 Å². The maximum atomic E-state index is 12.6. The molecule has 0 spiro atoms. The van der Waals surface area contributed by atoms with Gasteiger partial charge in [-0.25, -0.2) is 0 Å². The average molecular weight is 485 g/mol. The third kappa shape index (κ3) is 4.77. The molecule has 1 unspecified atom stereocenters. The van der Waals surface area contributed by atoms with Crippen LogP contribution in [-0.2, 0) is 17.9 Å². The number of benzene rings is 1. The molecule has 2 heterocycles. The minimum absolute atomic E-state index is 0.138. The van der Waals surface area contributed by atoms with E-state index < -0.39 is 0 Å². The Morgan fingerprint density at radius 1 is 1.21 bits per heavy atom. The summed E-state index contributed by atoms with van der Waals surface area (Å²) in [6.07, 6.45) is 1.83. The third-order valence-corrected chi connectivity index (χ3v) is 5.78. The summed E-state index contributed by atoms with van der Waals surface area (Å²) in [5.41, 5.74) is 2.68. The van der Waals surface area contributed by atoms with E-state index in [1.54, 1.807) is 9.36 Å². The molecule has 1 aromatic carbocycles. The van der Waals surface area contributed by atoms with E-state index in [0.29, 0.717) is 29.0 Å². The van der Waals surface area contributed by atoms with E-state index in [9.17, 15) is 4.79 Å². The van der Waals surface area contributed by atoms with Gasteiger partial charge in [0.2, 0.25) is 5.91 Å². The van der Waals surface area contributed by atoms with Gasteiger partial charge in [0.25, 0.3) is 0 Å². The number of anilines is 1. The van der Waals surface area contributed by atoms with Gasteiger partial charge in [0.1, 0.15) is 0 Å². The number of carbonyl (C=O) groups excluding carboxylic acids is 1. The standard InChI is InChI=1S/C19H20BrCl2N5O/c1-11(8-27-13(3)17(22)12(2)24-27)19(28)23-18-16(20)10-26(25-18)9-14-4-6-15(21)7-5-14/h4-7,10-11H,8-9H2,1-3H3,(H,23,25,28). The summed E-state index contributed by atoms with van der Waals surface area (Å²) in [5, 5.41) is 13.0. The zero-order valence-electron chi connectivity index (χ0n) is 15.7. The Balaban J connectivity index is 1.65. The SMILES string of the molecule is Cc1nn(CC(C)C(=O)Nc2nn(Cc3ccc(Cl)cc3)cc2Br)c(C)c1Cl. The van der Waals surface area contributed by atoms with Gasteiger partial charge in [0.15, 0.2) is 5.82 Å². The van der Waals surface area contributed by atoms with Crippen LogP contribution in [0, 0.1) is 19.8 Å². The van der Waals surface area contributed by atoms with Gasteiger partial charge in [0, 0.05) is 11.2 Å². The first-order valence-corrected chi connectivity index (χ1v) is 10.3. The van der Waals surface area contributed by atoms with E-state index in [2.05, 4.69) is 31.4 Å². The molecule has 6 nitrogen and oxygen atoms in total. The molecule has 148 valence electrons. The summed E-state index contributed by atoms with van der Waals surface area (Å²) >= 11 is 15.6. The van der Waals surface area contributed by atoms with Gasteiger partial charge in [0.05, 0.1) is 39.9 Å². The molecular weight excluding hydrogens is 465 g/mol. The van der Waals surface area contributed by atoms with Crippen LogP contribution in [0.5, 0.6) is 0 Å². The number of nitrogens with one attached hydrogen (secondary N) is 1. The van der Waals surface area contributed by atoms with E-state index in [1.807, 2.05) is 51.2 Å². The Labute approximate surface area is 182 Å². The molecule has 3 aromatic rings. The molecule has 0 bridgehead atoms. The quantitative estimate of drug-likeness (QED) is 0.530. The molecule has 0 radical (unpaired) electrons. The fourth-order valence-corrected chi connectivity index (χ4v) is 3.45. The smallest absolute Gasteiger partial charge is 0.230 e. The molecule has 0 aliphatic heterocycles. The molecule has 0 aliphatic rings. The van der Waals surface area contributed by atoms with Gasteiger partial charge in [-0.05, 0) is 47.5 Å². The van der Waals surface area contributed by atoms with E-state index in [1.165, 1.54) is 0 Å². The van der Waals surface area contributed by atoms with E-state index in [4.69, 9.17) is 23.2 Å². The van der Waals surface area contributed by atoms with Crippen LogP contribution in [0.25, 0.3) is 0 Å². The number of nitrogens with zero attached hydrogens (tertiary/aromatic N) is 4. The van der Waals surface area contributed by atoms with Crippen LogP contribution in [0.1, 0.15) is 23.9 Å².